The monoisotopic (exact) mass is 451 g/mol. The van der Waals surface area contributed by atoms with E-state index in [1.807, 2.05) is 65.6 Å². The Labute approximate surface area is 164 Å². The van der Waals surface area contributed by atoms with Crippen LogP contribution in [0, 0.1) is 0 Å². The summed E-state index contributed by atoms with van der Waals surface area (Å²) >= 11 is 2.15. The van der Waals surface area contributed by atoms with Gasteiger partial charge in [-0.15, -0.1) is 0 Å². The molecule has 1 fully saturated rings. The molecular formula is C21H26INO2. The predicted octanol–water partition coefficient (Wildman–Crippen LogP) is 4.51. The van der Waals surface area contributed by atoms with Gasteiger partial charge in [0.2, 0.25) is 0 Å². The maximum Gasteiger partial charge on any atom is 0.318 e. The minimum atomic E-state index is -0.350. The Hall–Kier alpha value is -1.40. The fourth-order valence-electron chi connectivity index (χ4n) is 3.09. The van der Waals surface area contributed by atoms with Gasteiger partial charge in [0.25, 0.3) is 0 Å². The van der Waals surface area contributed by atoms with Gasteiger partial charge in [0.1, 0.15) is 12.0 Å². The summed E-state index contributed by atoms with van der Waals surface area (Å²) in [7, 11) is 2.11. The lowest BCUT2D eigenvalue weighted by atomic mass is 9.91. The van der Waals surface area contributed by atoms with Crippen molar-refractivity contribution in [1.29, 1.82) is 0 Å². The number of hydrogen-bond acceptors (Lipinski definition) is 3. The van der Waals surface area contributed by atoms with Crippen LogP contribution >= 0.6 is 22.6 Å². The predicted molar refractivity (Wildman–Crippen MR) is 111 cm³/mol. The summed E-state index contributed by atoms with van der Waals surface area (Å²) in [6, 6.07) is 19.8. The van der Waals surface area contributed by atoms with Crippen LogP contribution in [0.4, 0.5) is 0 Å². The average Bonchev–Trinajstić information content (AvgIpc) is 2.67. The number of alkyl halides is 1. The van der Waals surface area contributed by atoms with Crippen LogP contribution in [0.2, 0.25) is 0 Å². The Morgan fingerprint density at radius 1 is 0.960 bits per heavy atom. The first-order chi connectivity index (χ1) is 12.2. The molecule has 3 rings (SSSR count). The molecule has 0 amide bonds. The third-order valence-electron chi connectivity index (χ3n) is 4.45. The standard InChI is InChI=1S/C20H23NO2.CH3I/c1-21-14-12-18(13-15-21)23-20(22)19(16-8-4-2-5-9-16)17-10-6-3-7-11-17;1-2/h2-11,18-19H,12-15H2,1H3;1H3. The number of likely N-dealkylation sites (tertiary alicyclic amines) is 1. The van der Waals surface area contributed by atoms with Crippen LogP contribution in [0.5, 0.6) is 0 Å². The van der Waals surface area contributed by atoms with E-state index in [4.69, 9.17) is 4.74 Å². The summed E-state index contributed by atoms with van der Waals surface area (Å²) in [6.07, 6.45) is 1.87. The van der Waals surface area contributed by atoms with Crippen molar-refractivity contribution < 1.29 is 9.53 Å². The van der Waals surface area contributed by atoms with E-state index in [1.165, 1.54) is 0 Å². The summed E-state index contributed by atoms with van der Waals surface area (Å²) < 4.78 is 5.85. The van der Waals surface area contributed by atoms with Gasteiger partial charge in [-0.1, -0.05) is 83.3 Å². The number of rotatable bonds is 4. The first-order valence-electron chi connectivity index (χ1n) is 8.61. The summed E-state index contributed by atoms with van der Waals surface area (Å²) in [5.41, 5.74) is 1.97. The highest BCUT2D eigenvalue weighted by molar-refractivity contribution is 14.1. The Balaban J connectivity index is 0.00000109. The molecule has 4 heteroatoms. The van der Waals surface area contributed by atoms with Crippen LogP contribution in [-0.4, -0.2) is 42.0 Å². The van der Waals surface area contributed by atoms with E-state index in [2.05, 4.69) is 34.5 Å². The number of carbonyl (C=O) groups excluding carboxylic acids is 1. The van der Waals surface area contributed by atoms with Crippen molar-refractivity contribution in [3.8, 4) is 0 Å². The normalized spacial score (nSPS) is 15.4. The molecule has 0 saturated carbocycles. The van der Waals surface area contributed by atoms with Gasteiger partial charge in [0, 0.05) is 13.1 Å². The van der Waals surface area contributed by atoms with Crippen molar-refractivity contribution in [1.82, 2.24) is 4.90 Å². The molecular weight excluding hydrogens is 425 g/mol. The summed E-state index contributed by atoms with van der Waals surface area (Å²) in [6.45, 7) is 1.97. The molecule has 2 aromatic carbocycles. The zero-order valence-electron chi connectivity index (χ0n) is 14.9. The third kappa shape index (κ3) is 5.82. The maximum atomic E-state index is 12.9. The van der Waals surface area contributed by atoms with Crippen LogP contribution in [0.15, 0.2) is 60.7 Å². The third-order valence-corrected chi connectivity index (χ3v) is 4.45. The Kier molecular flexibility index (Phi) is 8.41. The van der Waals surface area contributed by atoms with Crippen molar-refractivity contribution in [2.45, 2.75) is 24.9 Å². The lowest BCUT2D eigenvalue weighted by Crippen LogP contribution is -2.36. The highest BCUT2D eigenvalue weighted by atomic mass is 127. The van der Waals surface area contributed by atoms with Gasteiger partial charge in [-0.25, -0.2) is 0 Å². The number of ether oxygens (including phenoxy) is 1. The SMILES string of the molecule is CI.CN1CCC(OC(=O)C(c2ccccc2)c2ccccc2)CC1. The molecule has 0 atom stereocenters. The van der Waals surface area contributed by atoms with Crippen molar-refractivity contribution in [2.24, 2.45) is 0 Å². The largest absolute Gasteiger partial charge is 0.462 e. The number of carbonyl (C=O) groups is 1. The van der Waals surface area contributed by atoms with Crippen LogP contribution in [0.3, 0.4) is 0 Å². The molecule has 1 aliphatic rings. The molecule has 25 heavy (non-hydrogen) atoms. The lowest BCUT2D eigenvalue weighted by molar-refractivity contribution is -0.151. The second kappa shape index (κ2) is 10.6. The number of halogens is 1. The van der Waals surface area contributed by atoms with Gasteiger partial charge in [-0.2, -0.15) is 0 Å². The van der Waals surface area contributed by atoms with E-state index in [1.54, 1.807) is 0 Å². The second-order valence-corrected chi connectivity index (χ2v) is 6.19. The number of esters is 1. The highest BCUT2D eigenvalue weighted by Crippen LogP contribution is 2.27. The fourth-order valence-corrected chi connectivity index (χ4v) is 3.09. The van der Waals surface area contributed by atoms with Crippen LogP contribution < -0.4 is 0 Å². The Bertz CT molecular complexity index is 585. The number of piperidine rings is 1. The molecule has 0 bridgehead atoms. The van der Waals surface area contributed by atoms with E-state index in [0.717, 1.165) is 37.1 Å². The number of nitrogens with zero attached hydrogens (tertiary/aromatic N) is 1. The van der Waals surface area contributed by atoms with Gasteiger partial charge >= 0.3 is 5.97 Å². The molecule has 134 valence electrons. The molecule has 3 nitrogen and oxygen atoms in total. The van der Waals surface area contributed by atoms with E-state index < -0.39 is 0 Å². The van der Waals surface area contributed by atoms with Crippen molar-refractivity contribution >= 4 is 28.6 Å². The molecule has 0 spiro atoms. The Morgan fingerprint density at radius 2 is 1.40 bits per heavy atom. The molecule has 0 aromatic heterocycles. The average molecular weight is 451 g/mol. The first-order valence-corrected chi connectivity index (χ1v) is 10.8. The van der Waals surface area contributed by atoms with E-state index in [9.17, 15) is 4.79 Å². The van der Waals surface area contributed by atoms with Crippen LogP contribution in [0.25, 0.3) is 0 Å². The minimum absolute atomic E-state index is 0.0358. The van der Waals surface area contributed by atoms with Gasteiger partial charge in [-0.3, -0.25) is 4.79 Å². The molecule has 1 saturated heterocycles. The van der Waals surface area contributed by atoms with Gasteiger partial charge in [0.15, 0.2) is 0 Å². The molecule has 1 aliphatic heterocycles. The smallest absolute Gasteiger partial charge is 0.318 e. The molecule has 1 heterocycles. The van der Waals surface area contributed by atoms with E-state index in [-0.39, 0.29) is 18.0 Å². The lowest BCUT2D eigenvalue weighted by Gasteiger charge is -2.30. The van der Waals surface area contributed by atoms with Gasteiger partial charge in [0.05, 0.1) is 0 Å². The van der Waals surface area contributed by atoms with Crippen LogP contribution in [0.1, 0.15) is 29.9 Å². The quantitative estimate of drug-likeness (QED) is 0.389. The van der Waals surface area contributed by atoms with Crippen molar-refractivity contribution in [2.75, 3.05) is 25.1 Å². The number of hydrogen-bond donors (Lipinski definition) is 0. The first kappa shape index (κ1) is 19.9. The number of benzene rings is 2. The zero-order valence-corrected chi connectivity index (χ0v) is 17.1. The second-order valence-electron chi connectivity index (χ2n) is 6.19. The van der Waals surface area contributed by atoms with Crippen LogP contribution in [-0.2, 0) is 9.53 Å². The molecule has 0 radical (unpaired) electrons. The van der Waals surface area contributed by atoms with Crippen molar-refractivity contribution in [3.05, 3.63) is 71.8 Å². The maximum absolute atomic E-state index is 12.9. The summed E-state index contributed by atoms with van der Waals surface area (Å²) in [5, 5.41) is 0. The van der Waals surface area contributed by atoms with Gasteiger partial charge < -0.3 is 9.64 Å². The zero-order chi connectivity index (χ0) is 18.1. The Morgan fingerprint density at radius 3 is 1.84 bits per heavy atom. The topological polar surface area (TPSA) is 29.5 Å². The highest BCUT2D eigenvalue weighted by Gasteiger charge is 2.28. The fraction of sp³-hybridized carbons (Fsp3) is 0.381. The van der Waals surface area contributed by atoms with Crippen molar-refractivity contribution in [3.63, 3.8) is 0 Å². The summed E-state index contributed by atoms with van der Waals surface area (Å²) in [4.78, 5) is 17.1. The van der Waals surface area contributed by atoms with E-state index in [0.29, 0.717) is 0 Å². The molecule has 0 N–H and O–H groups in total. The van der Waals surface area contributed by atoms with E-state index >= 15 is 0 Å². The minimum Gasteiger partial charge on any atom is -0.462 e. The molecule has 0 unspecified atom stereocenters. The summed E-state index contributed by atoms with van der Waals surface area (Å²) in [5.74, 6) is -0.492. The molecule has 2 aromatic rings. The van der Waals surface area contributed by atoms with Gasteiger partial charge in [-0.05, 0) is 35.9 Å². The molecule has 0 aliphatic carbocycles.